The van der Waals surface area contributed by atoms with Crippen LogP contribution in [0.2, 0.25) is 0 Å². The largest absolute Gasteiger partial charge is 0.289 e. The first-order valence-corrected chi connectivity index (χ1v) is 10.3. The third kappa shape index (κ3) is 3.48. The van der Waals surface area contributed by atoms with Gasteiger partial charge in [-0.05, 0) is 72.2 Å². The summed E-state index contributed by atoms with van der Waals surface area (Å²) in [6.45, 7) is 8.26. The summed E-state index contributed by atoms with van der Waals surface area (Å²) in [5, 5.41) is 0. The second-order valence-corrected chi connectivity index (χ2v) is 7.92. The highest BCUT2D eigenvalue weighted by atomic mass is 16.1. The minimum atomic E-state index is 0.0927. The molecule has 0 aliphatic heterocycles. The minimum Gasteiger partial charge on any atom is -0.289 e. The van der Waals surface area contributed by atoms with Gasteiger partial charge in [0.25, 0.3) is 0 Å². The molecule has 1 nitrogen and oxygen atoms in total. The van der Waals surface area contributed by atoms with Crippen molar-refractivity contribution in [2.24, 2.45) is 0 Å². The zero-order valence-electron chi connectivity index (χ0n) is 18.0. The van der Waals surface area contributed by atoms with Crippen molar-refractivity contribution in [3.63, 3.8) is 0 Å². The van der Waals surface area contributed by atoms with Gasteiger partial charge in [0, 0.05) is 11.1 Å². The third-order valence-electron chi connectivity index (χ3n) is 6.10. The number of ketones is 1. The maximum Gasteiger partial charge on any atom is 0.194 e. The molecule has 1 heteroatoms. The van der Waals surface area contributed by atoms with Crippen LogP contribution in [0.5, 0.6) is 0 Å². The van der Waals surface area contributed by atoms with E-state index < -0.39 is 0 Å². The van der Waals surface area contributed by atoms with Gasteiger partial charge in [-0.15, -0.1) is 0 Å². The van der Waals surface area contributed by atoms with Crippen LogP contribution >= 0.6 is 0 Å². The molecule has 4 aromatic rings. The number of hydrogen-bond donors (Lipinski definition) is 0. The Balaban J connectivity index is 2.00. The van der Waals surface area contributed by atoms with Crippen molar-refractivity contribution in [2.45, 2.75) is 27.7 Å². The van der Waals surface area contributed by atoms with Crippen molar-refractivity contribution in [3.05, 3.63) is 118 Å². The van der Waals surface area contributed by atoms with E-state index in [2.05, 4.69) is 76.2 Å². The predicted octanol–water partition coefficient (Wildman–Crippen LogP) is 7.49. The molecule has 0 saturated heterocycles. The van der Waals surface area contributed by atoms with Gasteiger partial charge in [-0.2, -0.15) is 0 Å². The second-order valence-electron chi connectivity index (χ2n) is 7.92. The van der Waals surface area contributed by atoms with E-state index in [4.69, 9.17) is 0 Å². The van der Waals surface area contributed by atoms with Crippen molar-refractivity contribution in [1.82, 2.24) is 0 Å². The highest BCUT2D eigenvalue weighted by molar-refractivity contribution is 6.18. The van der Waals surface area contributed by atoms with Crippen LogP contribution in [0.4, 0.5) is 0 Å². The Hall–Kier alpha value is -3.45. The lowest BCUT2D eigenvalue weighted by Gasteiger charge is -2.19. The fourth-order valence-electron chi connectivity index (χ4n) is 4.06. The molecule has 0 aliphatic rings. The van der Waals surface area contributed by atoms with Crippen molar-refractivity contribution < 1.29 is 4.79 Å². The highest BCUT2D eigenvalue weighted by Crippen LogP contribution is 2.35. The van der Waals surface area contributed by atoms with Gasteiger partial charge in [0.05, 0.1) is 0 Å². The first-order chi connectivity index (χ1) is 14.5. The Morgan fingerprint density at radius 1 is 0.500 bits per heavy atom. The van der Waals surface area contributed by atoms with Crippen LogP contribution in [-0.4, -0.2) is 5.78 Å². The maximum atomic E-state index is 14.2. The smallest absolute Gasteiger partial charge is 0.194 e. The van der Waals surface area contributed by atoms with Gasteiger partial charge in [-0.3, -0.25) is 4.79 Å². The standard InChI is InChI=1S/C29H26O/c1-19-15-17-25(23-11-7-5-8-12-23)27(21(19)3)29(30)28-22(4)20(2)16-18-26(28)24-13-9-6-10-14-24/h5-18H,1-4H3. The molecule has 30 heavy (non-hydrogen) atoms. The zero-order chi connectivity index (χ0) is 21.3. The zero-order valence-corrected chi connectivity index (χ0v) is 18.0. The van der Waals surface area contributed by atoms with Crippen LogP contribution in [0.15, 0.2) is 84.9 Å². The summed E-state index contributed by atoms with van der Waals surface area (Å²) >= 11 is 0. The Labute approximate surface area is 179 Å². The summed E-state index contributed by atoms with van der Waals surface area (Å²) in [6.07, 6.45) is 0. The average Bonchev–Trinajstić information content (AvgIpc) is 2.78. The first kappa shape index (κ1) is 19.8. The molecule has 0 saturated carbocycles. The van der Waals surface area contributed by atoms with E-state index in [9.17, 15) is 4.79 Å². The van der Waals surface area contributed by atoms with Gasteiger partial charge in [-0.1, -0.05) is 84.9 Å². The van der Waals surface area contributed by atoms with Gasteiger partial charge in [0.2, 0.25) is 0 Å². The SMILES string of the molecule is Cc1ccc(-c2ccccc2)c(C(=O)c2c(-c3ccccc3)ccc(C)c2C)c1C. The monoisotopic (exact) mass is 390 g/mol. The average molecular weight is 391 g/mol. The van der Waals surface area contributed by atoms with E-state index in [0.29, 0.717) is 0 Å². The molecule has 0 radical (unpaired) electrons. The fraction of sp³-hybridized carbons (Fsp3) is 0.138. The topological polar surface area (TPSA) is 17.1 Å². The van der Waals surface area contributed by atoms with Gasteiger partial charge >= 0.3 is 0 Å². The molecule has 0 heterocycles. The molecule has 0 amide bonds. The van der Waals surface area contributed by atoms with Crippen LogP contribution in [0.25, 0.3) is 22.3 Å². The highest BCUT2D eigenvalue weighted by Gasteiger charge is 2.23. The molecule has 148 valence electrons. The quantitative estimate of drug-likeness (QED) is 0.330. The van der Waals surface area contributed by atoms with E-state index in [1.807, 2.05) is 36.4 Å². The molecular weight excluding hydrogens is 364 g/mol. The van der Waals surface area contributed by atoms with Crippen LogP contribution < -0.4 is 0 Å². The lowest BCUT2D eigenvalue weighted by atomic mass is 9.83. The number of carbonyl (C=O) groups excluding carboxylic acids is 1. The molecule has 0 atom stereocenters. The lowest BCUT2D eigenvalue weighted by molar-refractivity contribution is 0.103. The number of rotatable bonds is 4. The normalized spacial score (nSPS) is 10.8. The molecule has 0 spiro atoms. The van der Waals surface area contributed by atoms with E-state index >= 15 is 0 Å². The van der Waals surface area contributed by atoms with E-state index in [1.165, 1.54) is 0 Å². The second kappa shape index (κ2) is 8.12. The summed E-state index contributed by atoms with van der Waals surface area (Å²) < 4.78 is 0. The number of benzene rings is 4. The number of aryl methyl sites for hydroxylation is 2. The fourth-order valence-corrected chi connectivity index (χ4v) is 4.06. The summed E-state index contributed by atoms with van der Waals surface area (Å²) in [6, 6.07) is 28.8. The summed E-state index contributed by atoms with van der Waals surface area (Å²) in [5.74, 6) is 0.0927. The van der Waals surface area contributed by atoms with Crippen molar-refractivity contribution in [2.75, 3.05) is 0 Å². The van der Waals surface area contributed by atoms with Gasteiger partial charge in [-0.25, -0.2) is 0 Å². The molecule has 4 aromatic carbocycles. The summed E-state index contributed by atoms with van der Waals surface area (Å²) in [4.78, 5) is 14.2. The Kier molecular flexibility index (Phi) is 5.37. The van der Waals surface area contributed by atoms with E-state index in [-0.39, 0.29) is 5.78 Å². The third-order valence-corrected chi connectivity index (χ3v) is 6.10. The van der Waals surface area contributed by atoms with Gasteiger partial charge in [0.15, 0.2) is 5.78 Å². The lowest BCUT2D eigenvalue weighted by Crippen LogP contribution is -2.11. The first-order valence-electron chi connectivity index (χ1n) is 10.3. The molecule has 0 fully saturated rings. The molecule has 0 unspecified atom stereocenters. The van der Waals surface area contributed by atoms with E-state index in [0.717, 1.165) is 55.6 Å². The summed E-state index contributed by atoms with van der Waals surface area (Å²) in [5.41, 5.74) is 10.1. The predicted molar refractivity (Wildman–Crippen MR) is 126 cm³/mol. The van der Waals surface area contributed by atoms with Crippen LogP contribution in [0.1, 0.15) is 38.2 Å². The van der Waals surface area contributed by atoms with Crippen molar-refractivity contribution in [1.29, 1.82) is 0 Å². The van der Waals surface area contributed by atoms with Crippen LogP contribution in [0.3, 0.4) is 0 Å². The molecule has 0 bridgehead atoms. The van der Waals surface area contributed by atoms with Crippen LogP contribution in [0, 0.1) is 27.7 Å². The van der Waals surface area contributed by atoms with Crippen LogP contribution in [-0.2, 0) is 0 Å². The summed E-state index contributed by atoms with van der Waals surface area (Å²) in [7, 11) is 0. The molecule has 4 rings (SSSR count). The minimum absolute atomic E-state index is 0.0927. The Bertz CT molecular complexity index is 1120. The maximum absolute atomic E-state index is 14.2. The molecule has 0 aliphatic carbocycles. The molecular formula is C29H26O. The Morgan fingerprint density at radius 2 is 0.867 bits per heavy atom. The van der Waals surface area contributed by atoms with Gasteiger partial charge in [0.1, 0.15) is 0 Å². The number of carbonyl (C=O) groups is 1. The Morgan fingerprint density at radius 3 is 1.23 bits per heavy atom. The van der Waals surface area contributed by atoms with Crippen molar-refractivity contribution >= 4 is 5.78 Å². The van der Waals surface area contributed by atoms with Crippen molar-refractivity contribution in [3.8, 4) is 22.3 Å². The number of hydrogen-bond acceptors (Lipinski definition) is 1. The van der Waals surface area contributed by atoms with E-state index in [1.54, 1.807) is 0 Å². The van der Waals surface area contributed by atoms with Gasteiger partial charge < -0.3 is 0 Å². The molecule has 0 aromatic heterocycles. The molecule has 0 N–H and O–H groups in total.